The Balaban J connectivity index is 2.19. The average molecular weight is 308 g/mol. The Morgan fingerprint density at radius 1 is 1.17 bits per heavy atom. The van der Waals surface area contributed by atoms with E-state index in [2.05, 4.69) is 15.9 Å². The third-order valence-corrected chi connectivity index (χ3v) is 3.57. The highest BCUT2D eigenvalue weighted by molar-refractivity contribution is 9.10. The molecular weight excluding hydrogens is 293 g/mol. The molecule has 0 aliphatic heterocycles. The second kappa shape index (κ2) is 5.63. The van der Waals surface area contributed by atoms with E-state index in [-0.39, 0.29) is 11.9 Å². The van der Waals surface area contributed by atoms with Crippen LogP contribution in [0.4, 0.5) is 4.39 Å². The highest BCUT2D eigenvalue weighted by atomic mass is 79.9. The molecule has 2 rings (SSSR count). The summed E-state index contributed by atoms with van der Waals surface area (Å²) < 4.78 is 14.3. The average Bonchev–Trinajstić information content (AvgIpc) is 2.35. The van der Waals surface area contributed by atoms with Gasteiger partial charge in [0.1, 0.15) is 5.82 Å². The van der Waals surface area contributed by atoms with Gasteiger partial charge in [0.05, 0.1) is 4.47 Å². The first-order valence-corrected chi connectivity index (χ1v) is 6.62. The summed E-state index contributed by atoms with van der Waals surface area (Å²) in [5.74, 6) is -0.267. The summed E-state index contributed by atoms with van der Waals surface area (Å²) in [4.78, 5) is 0. The maximum Gasteiger partial charge on any atom is 0.142 e. The maximum atomic E-state index is 13.9. The van der Waals surface area contributed by atoms with Crippen molar-refractivity contribution in [1.29, 1.82) is 0 Å². The first kappa shape index (κ1) is 13.2. The lowest BCUT2D eigenvalue weighted by Gasteiger charge is -2.14. The van der Waals surface area contributed by atoms with Gasteiger partial charge in [-0.15, -0.1) is 0 Å². The van der Waals surface area contributed by atoms with Gasteiger partial charge < -0.3 is 5.73 Å². The second-order valence-electron chi connectivity index (χ2n) is 4.44. The zero-order valence-corrected chi connectivity index (χ0v) is 11.7. The Labute approximate surface area is 115 Å². The minimum atomic E-state index is -0.329. The molecule has 2 N–H and O–H groups in total. The molecular formula is C15H15BrFN. The van der Waals surface area contributed by atoms with Crippen LogP contribution in [0.5, 0.6) is 0 Å². The summed E-state index contributed by atoms with van der Waals surface area (Å²) in [5.41, 5.74) is 8.95. The van der Waals surface area contributed by atoms with E-state index < -0.39 is 0 Å². The Bertz CT molecular complexity index is 537. The summed E-state index contributed by atoms with van der Waals surface area (Å²) >= 11 is 3.18. The smallest absolute Gasteiger partial charge is 0.142 e. The van der Waals surface area contributed by atoms with Crippen LogP contribution in [0, 0.1) is 12.7 Å². The molecule has 0 aliphatic rings. The zero-order valence-electron chi connectivity index (χ0n) is 10.2. The number of benzene rings is 2. The third-order valence-electron chi connectivity index (χ3n) is 2.96. The van der Waals surface area contributed by atoms with Crippen molar-refractivity contribution in [3.05, 3.63) is 69.4 Å². The lowest BCUT2D eigenvalue weighted by atomic mass is 9.99. The Kier molecular flexibility index (Phi) is 4.15. The molecule has 0 bridgehead atoms. The monoisotopic (exact) mass is 307 g/mol. The zero-order chi connectivity index (χ0) is 13.1. The van der Waals surface area contributed by atoms with Crippen LogP contribution in [0.2, 0.25) is 0 Å². The van der Waals surface area contributed by atoms with E-state index in [0.717, 1.165) is 5.56 Å². The van der Waals surface area contributed by atoms with E-state index in [1.807, 2.05) is 31.2 Å². The lowest BCUT2D eigenvalue weighted by Crippen LogP contribution is -2.15. The van der Waals surface area contributed by atoms with Crippen molar-refractivity contribution in [2.24, 2.45) is 5.73 Å². The van der Waals surface area contributed by atoms with Crippen molar-refractivity contribution in [3.63, 3.8) is 0 Å². The SMILES string of the molecule is Cc1ccc(CC(N)c2cccc(Br)c2F)cc1. The Morgan fingerprint density at radius 2 is 1.83 bits per heavy atom. The first-order chi connectivity index (χ1) is 8.58. The predicted molar refractivity (Wildman–Crippen MR) is 75.9 cm³/mol. The van der Waals surface area contributed by atoms with Crippen molar-refractivity contribution in [2.75, 3.05) is 0 Å². The van der Waals surface area contributed by atoms with Crippen LogP contribution in [0.1, 0.15) is 22.7 Å². The quantitative estimate of drug-likeness (QED) is 0.906. The molecule has 2 aromatic rings. The van der Waals surface area contributed by atoms with Gasteiger partial charge in [-0.1, -0.05) is 42.0 Å². The highest BCUT2D eigenvalue weighted by Crippen LogP contribution is 2.24. The molecule has 0 saturated heterocycles. The molecule has 0 amide bonds. The van der Waals surface area contributed by atoms with Gasteiger partial charge in [-0.25, -0.2) is 4.39 Å². The summed E-state index contributed by atoms with van der Waals surface area (Å²) in [6, 6.07) is 13.0. The van der Waals surface area contributed by atoms with Gasteiger partial charge in [-0.3, -0.25) is 0 Å². The molecule has 1 unspecified atom stereocenters. The molecule has 3 heteroatoms. The molecule has 18 heavy (non-hydrogen) atoms. The van der Waals surface area contributed by atoms with Crippen molar-refractivity contribution >= 4 is 15.9 Å². The van der Waals surface area contributed by atoms with E-state index >= 15 is 0 Å². The second-order valence-corrected chi connectivity index (χ2v) is 5.29. The number of hydrogen-bond acceptors (Lipinski definition) is 1. The molecule has 0 aliphatic carbocycles. The molecule has 0 saturated carbocycles. The Hall–Kier alpha value is -1.19. The standard InChI is InChI=1S/C15H15BrFN/c1-10-5-7-11(8-6-10)9-14(18)12-3-2-4-13(16)15(12)17/h2-8,14H,9,18H2,1H3. The molecule has 1 atom stereocenters. The van der Waals surface area contributed by atoms with Crippen molar-refractivity contribution in [1.82, 2.24) is 0 Å². The maximum absolute atomic E-state index is 13.9. The summed E-state index contributed by atoms with van der Waals surface area (Å²) in [7, 11) is 0. The number of hydrogen-bond donors (Lipinski definition) is 1. The highest BCUT2D eigenvalue weighted by Gasteiger charge is 2.13. The minimum absolute atomic E-state index is 0.267. The van der Waals surface area contributed by atoms with Crippen LogP contribution in [-0.2, 0) is 6.42 Å². The third kappa shape index (κ3) is 2.98. The molecule has 0 fully saturated rings. The molecule has 0 radical (unpaired) electrons. The number of nitrogens with two attached hydrogens (primary N) is 1. The molecule has 0 spiro atoms. The van der Waals surface area contributed by atoms with E-state index in [4.69, 9.17) is 5.73 Å². The number of rotatable bonds is 3. The minimum Gasteiger partial charge on any atom is -0.324 e. The molecule has 0 heterocycles. The van der Waals surface area contributed by atoms with Gasteiger partial charge in [0, 0.05) is 11.6 Å². The van der Waals surface area contributed by atoms with Gasteiger partial charge in [0.25, 0.3) is 0 Å². The largest absolute Gasteiger partial charge is 0.324 e. The van der Waals surface area contributed by atoms with Crippen LogP contribution in [0.15, 0.2) is 46.9 Å². The summed E-state index contributed by atoms with van der Waals surface area (Å²) in [5, 5.41) is 0. The lowest BCUT2D eigenvalue weighted by molar-refractivity contribution is 0.575. The fraction of sp³-hybridized carbons (Fsp3) is 0.200. The summed E-state index contributed by atoms with van der Waals surface area (Å²) in [6.07, 6.45) is 0.633. The van der Waals surface area contributed by atoms with Crippen LogP contribution in [0.25, 0.3) is 0 Å². The first-order valence-electron chi connectivity index (χ1n) is 5.83. The van der Waals surface area contributed by atoms with E-state index in [0.29, 0.717) is 16.5 Å². The molecule has 1 nitrogen and oxygen atoms in total. The summed E-state index contributed by atoms with van der Waals surface area (Å²) in [6.45, 7) is 2.04. The normalized spacial score (nSPS) is 12.4. The van der Waals surface area contributed by atoms with E-state index in [1.54, 1.807) is 18.2 Å². The van der Waals surface area contributed by atoms with Crippen LogP contribution < -0.4 is 5.73 Å². The van der Waals surface area contributed by atoms with E-state index in [9.17, 15) is 4.39 Å². The molecule has 0 aromatic heterocycles. The van der Waals surface area contributed by atoms with Crippen LogP contribution in [-0.4, -0.2) is 0 Å². The van der Waals surface area contributed by atoms with Crippen molar-refractivity contribution in [2.45, 2.75) is 19.4 Å². The molecule has 2 aromatic carbocycles. The number of halogens is 2. The van der Waals surface area contributed by atoms with E-state index in [1.165, 1.54) is 5.56 Å². The van der Waals surface area contributed by atoms with Gasteiger partial charge in [-0.05, 0) is 40.9 Å². The fourth-order valence-corrected chi connectivity index (χ4v) is 2.28. The van der Waals surface area contributed by atoms with Crippen LogP contribution >= 0.6 is 15.9 Å². The predicted octanol–water partition coefficient (Wildman–Crippen LogP) is 4.14. The van der Waals surface area contributed by atoms with Gasteiger partial charge in [0.2, 0.25) is 0 Å². The van der Waals surface area contributed by atoms with Crippen LogP contribution in [0.3, 0.4) is 0 Å². The van der Waals surface area contributed by atoms with Gasteiger partial charge >= 0.3 is 0 Å². The molecule has 94 valence electrons. The fourth-order valence-electron chi connectivity index (χ4n) is 1.89. The van der Waals surface area contributed by atoms with Crippen molar-refractivity contribution < 1.29 is 4.39 Å². The number of aryl methyl sites for hydroxylation is 1. The van der Waals surface area contributed by atoms with Crippen molar-refractivity contribution in [3.8, 4) is 0 Å². The topological polar surface area (TPSA) is 26.0 Å². The van der Waals surface area contributed by atoms with Gasteiger partial charge in [0.15, 0.2) is 0 Å². The Morgan fingerprint density at radius 3 is 2.50 bits per heavy atom. The van der Waals surface area contributed by atoms with Gasteiger partial charge in [-0.2, -0.15) is 0 Å².